The zero-order valence-electron chi connectivity index (χ0n) is 13.7. The molecule has 0 saturated carbocycles. The summed E-state index contributed by atoms with van der Waals surface area (Å²) in [6.45, 7) is 1.80. The number of amides is 1. The SMILES string of the molecule is Cc1ccc(NC(=O)COc2nc(CC#N)nc3ccccc23)cc1. The molecule has 0 aliphatic rings. The number of aromatic nitrogens is 2. The first-order valence-corrected chi connectivity index (χ1v) is 7.77. The largest absolute Gasteiger partial charge is 0.467 e. The van der Waals surface area contributed by atoms with E-state index in [-0.39, 0.29) is 18.9 Å². The number of hydrogen-bond acceptors (Lipinski definition) is 5. The van der Waals surface area contributed by atoms with Crippen molar-refractivity contribution >= 4 is 22.5 Å². The highest BCUT2D eigenvalue weighted by Crippen LogP contribution is 2.22. The number of nitrogens with one attached hydrogen (secondary N) is 1. The Morgan fingerprint density at radius 1 is 1.16 bits per heavy atom. The van der Waals surface area contributed by atoms with Crippen LogP contribution in [0.2, 0.25) is 0 Å². The second-order valence-corrected chi connectivity index (χ2v) is 5.50. The van der Waals surface area contributed by atoms with Crippen LogP contribution in [0.1, 0.15) is 11.4 Å². The van der Waals surface area contributed by atoms with E-state index in [2.05, 4.69) is 15.3 Å². The molecule has 0 unspecified atom stereocenters. The first-order chi connectivity index (χ1) is 12.2. The van der Waals surface area contributed by atoms with Gasteiger partial charge in [0.25, 0.3) is 5.91 Å². The van der Waals surface area contributed by atoms with E-state index in [1.165, 1.54) is 0 Å². The molecule has 3 aromatic rings. The minimum Gasteiger partial charge on any atom is -0.467 e. The lowest BCUT2D eigenvalue weighted by atomic mass is 10.2. The van der Waals surface area contributed by atoms with Gasteiger partial charge in [0.15, 0.2) is 6.61 Å². The summed E-state index contributed by atoms with van der Waals surface area (Å²) >= 11 is 0. The summed E-state index contributed by atoms with van der Waals surface area (Å²) in [7, 11) is 0. The summed E-state index contributed by atoms with van der Waals surface area (Å²) in [6, 6.07) is 16.8. The average molecular weight is 332 g/mol. The topological polar surface area (TPSA) is 87.9 Å². The summed E-state index contributed by atoms with van der Waals surface area (Å²) < 4.78 is 5.59. The van der Waals surface area contributed by atoms with Crippen molar-refractivity contribution in [2.45, 2.75) is 13.3 Å². The van der Waals surface area contributed by atoms with Crippen LogP contribution in [-0.4, -0.2) is 22.5 Å². The molecule has 1 heterocycles. The predicted molar refractivity (Wildman–Crippen MR) is 94.2 cm³/mol. The Hall–Kier alpha value is -3.46. The van der Waals surface area contributed by atoms with E-state index in [0.717, 1.165) is 5.56 Å². The predicted octanol–water partition coefficient (Wildman–Crippen LogP) is 3.02. The number of nitriles is 1. The van der Waals surface area contributed by atoms with Crippen molar-refractivity contribution in [3.8, 4) is 11.9 Å². The number of nitrogens with zero attached hydrogens (tertiary/aromatic N) is 3. The van der Waals surface area contributed by atoms with Crippen molar-refractivity contribution in [1.29, 1.82) is 5.26 Å². The number of carbonyl (C=O) groups is 1. The lowest BCUT2D eigenvalue weighted by molar-refractivity contribution is -0.118. The highest BCUT2D eigenvalue weighted by molar-refractivity contribution is 5.92. The van der Waals surface area contributed by atoms with Gasteiger partial charge in [-0.3, -0.25) is 4.79 Å². The molecule has 1 aromatic heterocycles. The molecule has 0 atom stereocenters. The Balaban J connectivity index is 1.74. The quantitative estimate of drug-likeness (QED) is 0.776. The molecule has 1 amide bonds. The zero-order chi connectivity index (χ0) is 17.6. The average Bonchev–Trinajstić information content (AvgIpc) is 2.62. The monoisotopic (exact) mass is 332 g/mol. The Bertz CT molecular complexity index is 946. The summed E-state index contributed by atoms with van der Waals surface area (Å²) in [5.41, 5.74) is 2.50. The molecule has 6 nitrogen and oxygen atoms in total. The first-order valence-electron chi connectivity index (χ1n) is 7.77. The second-order valence-electron chi connectivity index (χ2n) is 5.50. The van der Waals surface area contributed by atoms with E-state index in [1.807, 2.05) is 61.5 Å². The molecule has 2 aromatic carbocycles. The van der Waals surface area contributed by atoms with Crippen molar-refractivity contribution in [1.82, 2.24) is 9.97 Å². The molecule has 0 radical (unpaired) electrons. The molecule has 124 valence electrons. The number of hydrogen-bond donors (Lipinski definition) is 1. The van der Waals surface area contributed by atoms with Crippen molar-refractivity contribution in [2.75, 3.05) is 11.9 Å². The molecule has 0 spiro atoms. The number of fused-ring (bicyclic) bond motifs is 1. The van der Waals surface area contributed by atoms with E-state index >= 15 is 0 Å². The van der Waals surface area contributed by atoms with Crippen molar-refractivity contribution in [3.05, 3.63) is 59.9 Å². The Morgan fingerprint density at radius 2 is 1.92 bits per heavy atom. The summed E-state index contributed by atoms with van der Waals surface area (Å²) in [5.74, 6) is 0.387. The van der Waals surface area contributed by atoms with Gasteiger partial charge in [-0.25, -0.2) is 4.98 Å². The van der Waals surface area contributed by atoms with Gasteiger partial charge in [0.05, 0.1) is 23.4 Å². The highest BCUT2D eigenvalue weighted by atomic mass is 16.5. The fraction of sp³-hybridized carbons (Fsp3) is 0.158. The van der Waals surface area contributed by atoms with E-state index < -0.39 is 0 Å². The lowest BCUT2D eigenvalue weighted by Gasteiger charge is -2.10. The Kier molecular flexibility index (Phi) is 4.86. The molecule has 1 N–H and O–H groups in total. The fourth-order valence-corrected chi connectivity index (χ4v) is 2.32. The third kappa shape index (κ3) is 4.09. The molecule has 0 fully saturated rings. The van der Waals surface area contributed by atoms with Crippen LogP contribution in [0.3, 0.4) is 0 Å². The number of rotatable bonds is 5. The summed E-state index contributed by atoms with van der Waals surface area (Å²) in [6.07, 6.45) is 0.0801. The van der Waals surface area contributed by atoms with Gasteiger partial charge in [0.1, 0.15) is 5.82 Å². The van der Waals surface area contributed by atoms with Crippen LogP contribution >= 0.6 is 0 Å². The molecule has 3 rings (SSSR count). The van der Waals surface area contributed by atoms with Crippen molar-refractivity contribution in [3.63, 3.8) is 0 Å². The van der Waals surface area contributed by atoms with Gasteiger partial charge in [-0.05, 0) is 31.2 Å². The smallest absolute Gasteiger partial charge is 0.262 e. The normalized spacial score (nSPS) is 10.2. The Morgan fingerprint density at radius 3 is 2.68 bits per heavy atom. The highest BCUT2D eigenvalue weighted by Gasteiger charge is 2.11. The third-order valence-corrected chi connectivity index (χ3v) is 3.53. The fourth-order valence-electron chi connectivity index (χ4n) is 2.32. The van der Waals surface area contributed by atoms with Gasteiger partial charge >= 0.3 is 0 Å². The van der Waals surface area contributed by atoms with Gasteiger partial charge in [0.2, 0.25) is 5.88 Å². The number of benzene rings is 2. The molecule has 0 aliphatic heterocycles. The molecule has 6 heteroatoms. The standard InChI is InChI=1S/C19H16N4O2/c1-13-6-8-14(9-7-13)21-18(24)12-25-19-15-4-2-3-5-16(15)22-17(23-19)10-11-20/h2-9H,10,12H2,1H3,(H,21,24). The van der Waals surface area contributed by atoms with E-state index in [4.69, 9.17) is 10.00 Å². The van der Waals surface area contributed by atoms with Gasteiger partial charge in [-0.1, -0.05) is 29.8 Å². The van der Waals surface area contributed by atoms with Crippen LogP contribution < -0.4 is 10.1 Å². The third-order valence-electron chi connectivity index (χ3n) is 3.53. The molecule has 25 heavy (non-hydrogen) atoms. The zero-order valence-corrected chi connectivity index (χ0v) is 13.7. The van der Waals surface area contributed by atoms with Gasteiger partial charge in [-0.15, -0.1) is 0 Å². The minimum atomic E-state index is -0.284. The maximum absolute atomic E-state index is 12.1. The van der Waals surface area contributed by atoms with Crippen LogP contribution in [0.25, 0.3) is 10.9 Å². The number of carbonyl (C=O) groups excluding carboxylic acids is 1. The number of aryl methyl sites for hydroxylation is 1. The number of ether oxygens (including phenoxy) is 1. The summed E-state index contributed by atoms with van der Waals surface area (Å²) in [5, 5.41) is 12.3. The van der Waals surface area contributed by atoms with Crippen LogP contribution in [0.5, 0.6) is 5.88 Å². The van der Waals surface area contributed by atoms with Gasteiger partial charge in [-0.2, -0.15) is 10.2 Å². The molecular formula is C19H16N4O2. The summed E-state index contributed by atoms with van der Waals surface area (Å²) in [4.78, 5) is 20.6. The Labute approximate surface area is 145 Å². The number of anilines is 1. The van der Waals surface area contributed by atoms with Crippen LogP contribution in [0.15, 0.2) is 48.5 Å². The van der Waals surface area contributed by atoms with E-state index in [0.29, 0.717) is 28.3 Å². The van der Waals surface area contributed by atoms with Gasteiger partial charge < -0.3 is 10.1 Å². The van der Waals surface area contributed by atoms with Crippen molar-refractivity contribution < 1.29 is 9.53 Å². The molecule has 0 bridgehead atoms. The second kappa shape index (κ2) is 7.41. The lowest BCUT2D eigenvalue weighted by Crippen LogP contribution is -2.20. The maximum Gasteiger partial charge on any atom is 0.262 e. The minimum absolute atomic E-state index is 0.0801. The van der Waals surface area contributed by atoms with E-state index in [1.54, 1.807) is 0 Å². The van der Waals surface area contributed by atoms with Crippen LogP contribution in [0, 0.1) is 18.3 Å². The maximum atomic E-state index is 12.1. The molecule has 0 saturated heterocycles. The molecule has 0 aliphatic carbocycles. The van der Waals surface area contributed by atoms with Gasteiger partial charge in [0, 0.05) is 5.69 Å². The van der Waals surface area contributed by atoms with Crippen LogP contribution in [-0.2, 0) is 11.2 Å². The van der Waals surface area contributed by atoms with Crippen molar-refractivity contribution in [2.24, 2.45) is 0 Å². The van der Waals surface area contributed by atoms with E-state index in [9.17, 15) is 4.79 Å². The molecular weight excluding hydrogens is 316 g/mol. The van der Waals surface area contributed by atoms with Crippen LogP contribution in [0.4, 0.5) is 5.69 Å². The number of para-hydroxylation sites is 1. The first kappa shape index (κ1) is 16.4.